The molecule has 5 nitrogen and oxygen atoms in total. The molecule has 0 aliphatic carbocycles. The predicted octanol–water partition coefficient (Wildman–Crippen LogP) is 2.76. The fourth-order valence-corrected chi connectivity index (χ4v) is 3.15. The molecule has 2 aromatic rings. The van der Waals surface area contributed by atoms with Crippen LogP contribution < -0.4 is 4.74 Å². The Balaban J connectivity index is 1.53. The van der Waals surface area contributed by atoms with E-state index in [1.165, 1.54) is 5.56 Å². The number of ether oxygens (including phenoxy) is 1. The van der Waals surface area contributed by atoms with Crippen LogP contribution in [0.5, 0.6) is 5.75 Å². The van der Waals surface area contributed by atoms with Crippen LogP contribution in [0, 0.1) is 0 Å². The molecule has 0 bridgehead atoms. The molecule has 5 heteroatoms. The summed E-state index contributed by atoms with van der Waals surface area (Å²) in [6, 6.07) is 9.94. The first-order valence-corrected chi connectivity index (χ1v) is 8.16. The van der Waals surface area contributed by atoms with E-state index in [0.717, 1.165) is 43.8 Å². The van der Waals surface area contributed by atoms with E-state index in [1.807, 2.05) is 35.2 Å². The number of rotatable bonds is 5. The highest BCUT2D eigenvalue weighted by Crippen LogP contribution is 2.25. The van der Waals surface area contributed by atoms with E-state index >= 15 is 0 Å². The Morgan fingerprint density at radius 1 is 1.35 bits per heavy atom. The Morgan fingerprint density at radius 2 is 2.17 bits per heavy atom. The van der Waals surface area contributed by atoms with Gasteiger partial charge in [0.25, 0.3) is 0 Å². The van der Waals surface area contributed by atoms with Gasteiger partial charge in [-0.2, -0.15) is 5.10 Å². The minimum Gasteiger partial charge on any atom is -0.497 e. The summed E-state index contributed by atoms with van der Waals surface area (Å²) in [7, 11) is 1.66. The van der Waals surface area contributed by atoms with Crippen LogP contribution in [0.3, 0.4) is 0 Å². The molecule has 0 spiro atoms. The van der Waals surface area contributed by atoms with Gasteiger partial charge in [-0.25, -0.2) is 0 Å². The van der Waals surface area contributed by atoms with Gasteiger partial charge in [-0.05, 0) is 43.0 Å². The maximum atomic E-state index is 12.5. The minimum atomic E-state index is 0.241. The Kier molecular flexibility index (Phi) is 4.95. The van der Waals surface area contributed by atoms with Crippen LogP contribution >= 0.6 is 0 Å². The maximum Gasteiger partial charge on any atom is 0.222 e. The van der Waals surface area contributed by atoms with Crippen LogP contribution in [0.2, 0.25) is 0 Å². The van der Waals surface area contributed by atoms with Crippen LogP contribution in [0.15, 0.2) is 36.5 Å². The standard InChI is InChI=1S/C18H23N3O2/c1-23-16-7-4-14(5-8-16)6-9-18(22)21-12-2-3-15(13-21)17-10-11-19-20-17/h4-5,7-8,10-11,15H,2-3,6,9,12-13H2,1H3,(H,19,20)/t15-/m1/s1. The zero-order chi connectivity index (χ0) is 16.1. The van der Waals surface area contributed by atoms with Gasteiger partial charge in [0, 0.05) is 37.3 Å². The molecule has 23 heavy (non-hydrogen) atoms. The molecule has 122 valence electrons. The van der Waals surface area contributed by atoms with E-state index in [9.17, 15) is 4.79 Å². The highest BCUT2D eigenvalue weighted by atomic mass is 16.5. The number of carbonyl (C=O) groups excluding carboxylic acids is 1. The lowest BCUT2D eigenvalue weighted by Crippen LogP contribution is -2.39. The summed E-state index contributed by atoms with van der Waals surface area (Å²) < 4.78 is 5.15. The lowest BCUT2D eigenvalue weighted by molar-refractivity contribution is -0.132. The SMILES string of the molecule is COc1ccc(CCC(=O)N2CCC[C@@H](c3ccn[nH]3)C2)cc1. The molecule has 1 amide bonds. The Hall–Kier alpha value is -2.30. The molecule has 1 atom stereocenters. The van der Waals surface area contributed by atoms with Crippen molar-refractivity contribution in [3.63, 3.8) is 0 Å². The Morgan fingerprint density at radius 3 is 2.87 bits per heavy atom. The van der Waals surface area contributed by atoms with E-state index in [0.29, 0.717) is 12.3 Å². The van der Waals surface area contributed by atoms with Crippen LogP contribution in [0.1, 0.15) is 36.4 Å². The molecule has 1 aromatic carbocycles. The Labute approximate surface area is 136 Å². The summed E-state index contributed by atoms with van der Waals surface area (Å²) >= 11 is 0. The average molecular weight is 313 g/mol. The van der Waals surface area contributed by atoms with Crippen molar-refractivity contribution in [2.45, 2.75) is 31.6 Å². The van der Waals surface area contributed by atoms with Gasteiger partial charge in [0.1, 0.15) is 5.75 Å². The first kappa shape index (κ1) is 15.6. The van der Waals surface area contributed by atoms with Crippen molar-refractivity contribution in [2.24, 2.45) is 0 Å². The summed E-state index contributed by atoms with van der Waals surface area (Å²) in [5, 5.41) is 7.05. The third-order valence-electron chi connectivity index (χ3n) is 4.52. The molecule has 1 aliphatic rings. The fraction of sp³-hybridized carbons (Fsp3) is 0.444. The second kappa shape index (κ2) is 7.31. The van der Waals surface area contributed by atoms with Crippen molar-refractivity contribution in [3.05, 3.63) is 47.8 Å². The first-order valence-electron chi connectivity index (χ1n) is 8.16. The number of aromatic nitrogens is 2. The van der Waals surface area contributed by atoms with Crippen molar-refractivity contribution in [1.29, 1.82) is 0 Å². The molecular weight excluding hydrogens is 290 g/mol. The molecule has 1 N–H and O–H groups in total. The number of hydrogen-bond acceptors (Lipinski definition) is 3. The lowest BCUT2D eigenvalue weighted by Gasteiger charge is -2.32. The van der Waals surface area contributed by atoms with E-state index < -0.39 is 0 Å². The van der Waals surface area contributed by atoms with Gasteiger partial charge in [-0.15, -0.1) is 0 Å². The zero-order valence-electron chi connectivity index (χ0n) is 13.5. The van der Waals surface area contributed by atoms with Crippen molar-refractivity contribution in [2.75, 3.05) is 20.2 Å². The molecule has 1 fully saturated rings. The van der Waals surface area contributed by atoms with Gasteiger partial charge in [0.15, 0.2) is 0 Å². The van der Waals surface area contributed by atoms with Crippen molar-refractivity contribution in [3.8, 4) is 5.75 Å². The number of methoxy groups -OCH3 is 1. The third kappa shape index (κ3) is 3.92. The van der Waals surface area contributed by atoms with Crippen molar-refractivity contribution >= 4 is 5.91 Å². The maximum absolute atomic E-state index is 12.5. The summed E-state index contributed by atoms with van der Waals surface area (Å²) in [4.78, 5) is 14.5. The first-order chi connectivity index (χ1) is 11.3. The van der Waals surface area contributed by atoms with Crippen molar-refractivity contribution in [1.82, 2.24) is 15.1 Å². The molecule has 0 unspecified atom stereocenters. The fourth-order valence-electron chi connectivity index (χ4n) is 3.15. The number of piperidine rings is 1. The van der Waals surface area contributed by atoms with Crippen molar-refractivity contribution < 1.29 is 9.53 Å². The number of amides is 1. The number of likely N-dealkylation sites (tertiary alicyclic amines) is 1. The van der Waals surface area contributed by atoms with Gasteiger partial charge >= 0.3 is 0 Å². The predicted molar refractivity (Wildman–Crippen MR) is 88.5 cm³/mol. The van der Waals surface area contributed by atoms with Crippen LogP contribution in [-0.4, -0.2) is 41.2 Å². The van der Waals surface area contributed by atoms with Crippen LogP contribution in [-0.2, 0) is 11.2 Å². The van der Waals surface area contributed by atoms with E-state index in [4.69, 9.17) is 4.74 Å². The summed E-state index contributed by atoms with van der Waals surface area (Å²) in [5.41, 5.74) is 2.30. The van der Waals surface area contributed by atoms with Gasteiger partial charge in [-0.3, -0.25) is 9.89 Å². The van der Waals surface area contributed by atoms with Gasteiger partial charge in [0.05, 0.1) is 7.11 Å². The monoisotopic (exact) mass is 313 g/mol. The van der Waals surface area contributed by atoms with Gasteiger partial charge in [0.2, 0.25) is 5.91 Å². The quantitative estimate of drug-likeness (QED) is 0.923. The molecule has 0 saturated carbocycles. The number of aromatic amines is 1. The number of H-pyrrole nitrogens is 1. The number of nitrogens with one attached hydrogen (secondary N) is 1. The number of benzene rings is 1. The second-order valence-electron chi connectivity index (χ2n) is 6.04. The number of hydrogen-bond donors (Lipinski definition) is 1. The smallest absolute Gasteiger partial charge is 0.222 e. The number of nitrogens with zero attached hydrogens (tertiary/aromatic N) is 2. The van der Waals surface area contributed by atoms with E-state index in [-0.39, 0.29) is 5.91 Å². The highest BCUT2D eigenvalue weighted by molar-refractivity contribution is 5.76. The molecular formula is C18H23N3O2. The molecule has 1 aromatic heterocycles. The van der Waals surface area contributed by atoms with Crippen LogP contribution in [0.4, 0.5) is 0 Å². The summed E-state index contributed by atoms with van der Waals surface area (Å²) in [6.07, 6.45) is 5.28. The number of aryl methyl sites for hydroxylation is 1. The zero-order valence-corrected chi connectivity index (χ0v) is 13.5. The van der Waals surface area contributed by atoms with Crippen LogP contribution in [0.25, 0.3) is 0 Å². The Bertz CT molecular complexity index is 622. The number of carbonyl (C=O) groups is 1. The van der Waals surface area contributed by atoms with E-state index in [2.05, 4.69) is 10.2 Å². The average Bonchev–Trinajstić information content (AvgIpc) is 3.15. The summed E-state index contributed by atoms with van der Waals surface area (Å²) in [5.74, 6) is 1.47. The third-order valence-corrected chi connectivity index (χ3v) is 4.52. The molecule has 3 rings (SSSR count). The molecule has 1 saturated heterocycles. The minimum absolute atomic E-state index is 0.241. The molecule has 2 heterocycles. The van der Waals surface area contributed by atoms with Gasteiger partial charge in [-0.1, -0.05) is 12.1 Å². The summed E-state index contributed by atoms with van der Waals surface area (Å²) in [6.45, 7) is 1.66. The topological polar surface area (TPSA) is 58.2 Å². The largest absolute Gasteiger partial charge is 0.497 e. The molecule has 0 radical (unpaired) electrons. The highest BCUT2D eigenvalue weighted by Gasteiger charge is 2.25. The lowest BCUT2D eigenvalue weighted by atomic mass is 9.94. The molecule has 1 aliphatic heterocycles. The van der Waals surface area contributed by atoms with E-state index in [1.54, 1.807) is 13.3 Å². The normalized spacial score (nSPS) is 18.0. The van der Waals surface area contributed by atoms with Gasteiger partial charge < -0.3 is 9.64 Å². The second-order valence-corrected chi connectivity index (χ2v) is 6.04.